The Balaban J connectivity index is 1.50. The highest BCUT2D eigenvalue weighted by molar-refractivity contribution is 5.78. The Morgan fingerprint density at radius 1 is 1.46 bits per heavy atom. The van der Waals surface area contributed by atoms with E-state index in [4.69, 9.17) is 0 Å². The van der Waals surface area contributed by atoms with Crippen molar-refractivity contribution in [1.82, 2.24) is 20.3 Å². The molecule has 2 aromatic rings. The fourth-order valence-electron chi connectivity index (χ4n) is 3.40. The summed E-state index contributed by atoms with van der Waals surface area (Å²) in [5.41, 5.74) is 1.91. The number of carbonyl (C=O) groups is 1. The third kappa shape index (κ3) is 4.47. The van der Waals surface area contributed by atoms with Gasteiger partial charge in [0.05, 0.1) is 12.7 Å². The summed E-state index contributed by atoms with van der Waals surface area (Å²) in [6.45, 7) is 6.52. The summed E-state index contributed by atoms with van der Waals surface area (Å²) in [6.07, 6.45) is 6.26. The fraction of sp³-hybridized carbons (Fsp3) is 0.474. The zero-order chi connectivity index (χ0) is 18.5. The number of piperidine rings is 1. The molecule has 26 heavy (non-hydrogen) atoms. The molecule has 0 saturated carbocycles. The molecular formula is C19H25N5O2. The molecule has 0 aromatic carbocycles. The van der Waals surface area contributed by atoms with Gasteiger partial charge < -0.3 is 15.2 Å². The van der Waals surface area contributed by atoms with E-state index in [0.717, 1.165) is 36.5 Å². The maximum atomic E-state index is 12.2. The van der Waals surface area contributed by atoms with E-state index in [9.17, 15) is 9.59 Å². The lowest BCUT2D eigenvalue weighted by molar-refractivity contribution is -0.120. The lowest BCUT2D eigenvalue weighted by atomic mass is 9.86. The van der Waals surface area contributed by atoms with E-state index in [1.54, 1.807) is 12.4 Å². The average molecular weight is 355 g/mol. The van der Waals surface area contributed by atoms with Crippen molar-refractivity contribution in [1.29, 1.82) is 0 Å². The number of H-pyrrole nitrogens is 1. The van der Waals surface area contributed by atoms with Gasteiger partial charge in [-0.2, -0.15) is 0 Å². The van der Waals surface area contributed by atoms with E-state index in [2.05, 4.69) is 32.1 Å². The highest BCUT2D eigenvalue weighted by atomic mass is 16.1. The molecule has 0 bridgehead atoms. The van der Waals surface area contributed by atoms with Gasteiger partial charge in [0, 0.05) is 38.1 Å². The van der Waals surface area contributed by atoms with Crippen LogP contribution in [0.5, 0.6) is 0 Å². The monoisotopic (exact) mass is 355 g/mol. The molecule has 2 unspecified atom stereocenters. The zero-order valence-electron chi connectivity index (χ0n) is 15.2. The molecular weight excluding hydrogens is 330 g/mol. The van der Waals surface area contributed by atoms with Crippen molar-refractivity contribution in [2.75, 3.05) is 24.5 Å². The average Bonchev–Trinajstić information content (AvgIpc) is 2.62. The van der Waals surface area contributed by atoms with Gasteiger partial charge in [0.25, 0.3) is 5.56 Å². The summed E-state index contributed by atoms with van der Waals surface area (Å²) in [7, 11) is 0. The number of aromatic nitrogens is 3. The minimum Gasteiger partial charge on any atom is -0.356 e. The Kier molecular flexibility index (Phi) is 5.65. The molecule has 0 spiro atoms. The number of aromatic amines is 1. The molecule has 3 rings (SSSR count). The van der Waals surface area contributed by atoms with E-state index in [1.807, 2.05) is 13.0 Å². The maximum Gasteiger partial charge on any atom is 0.252 e. The van der Waals surface area contributed by atoms with E-state index in [0.29, 0.717) is 24.8 Å². The molecule has 1 aliphatic rings. The van der Waals surface area contributed by atoms with E-state index < -0.39 is 0 Å². The minimum atomic E-state index is -0.136. The lowest BCUT2D eigenvalue weighted by Gasteiger charge is -2.37. The molecule has 2 atom stereocenters. The first-order valence-corrected chi connectivity index (χ1v) is 8.99. The number of carbonyl (C=O) groups excluding carboxylic acids is 1. The summed E-state index contributed by atoms with van der Waals surface area (Å²) >= 11 is 0. The van der Waals surface area contributed by atoms with Crippen molar-refractivity contribution >= 4 is 11.7 Å². The predicted octanol–water partition coefficient (Wildman–Crippen LogP) is 1.29. The van der Waals surface area contributed by atoms with Gasteiger partial charge in [0.15, 0.2) is 0 Å². The number of anilines is 1. The number of pyridine rings is 1. The standard InChI is InChI=1S/C19H25N5O2/c1-13-3-5-20-9-16(13)7-18(25)21-10-15-4-6-24(11-14(15)2)17-8-19(26)23-12-22-17/h3,5,8-9,12,14-15H,4,6-7,10-11H2,1-2H3,(H,21,25)(H,22,23,26). The molecule has 1 fully saturated rings. The number of hydrogen-bond donors (Lipinski definition) is 2. The Hall–Kier alpha value is -2.70. The van der Waals surface area contributed by atoms with E-state index in [1.165, 1.54) is 12.4 Å². The van der Waals surface area contributed by atoms with Crippen molar-refractivity contribution in [2.45, 2.75) is 26.7 Å². The smallest absolute Gasteiger partial charge is 0.252 e. The largest absolute Gasteiger partial charge is 0.356 e. The van der Waals surface area contributed by atoms with Crippen molar-refractivity contribution in [3.63, 3.8) is 0 Å². The first-order chi connectivity index (χ1) is 12.5. The second-order valence-corrected chi connectivity index (χ2v) is 7.02. The normalized spacial score (nSPS) is 20.0. The minimum absolute atomic E-state index is 0.0342. The topological polar surface area (TPSA) is 91.0 Å². The summed E-state index contributed by atoms with van der Waals surface area (Å²) in [6, 6.07) is 3.45. The second kappa shape index (κ2) is 8.12. The molecule has 0 aliphatic carbocycles. The second-order valence-electron chi connectivity index (χ2n) is 7.02. The van der Waals surface area contributed by atoms with Crippen LogP contribution >= 0.6 is 0 Å². The summed E-state index contributed by atoms with van der Waals surface area (Å²) in [4.78, 5) is 36.7. The summed E-state index contributed by atoms with van der Waals surface area (Å²) < 4.78 is 0. The van der Waals surface area contributed by atoms with Crippen molar-refractivity contribution in [3.8, 4) is 0 Å². The predicted molar refractivity (Wildman–Crippen MR) is 100 cm³/mol. The van der Waals surface area contributed by atoms with Crippen LogP contribution in [0.4, 0.5) is 5.82 Å². The molecule has 1 amide bonds. The van der Waals surface area contributed by atoms with Gasteiger partial charge in [-0.3, -0.25) is 14.6 Å². The Labute approximate surface area is 152 Å². The molecule has 1 aliphatic heterocycles. The van der Waals surface area contributed by atoms with Gasteiger partial charge in [0.1, 0.15) is 5.82 Å². The molecule has 7 heteroatoms. The molecule has 0 radical (unpaired) electrons. The molecule has 1 saturated heterocycles. The molecule has 138 valence electrons. The first kappa shape index (κ1) is 18.1. The summed E-state index contributed by atoms with van der Waals surface area (Å²) in [5, 5.41) is 3.07. The Morgan fingerprint density at radius 3 is 3.04 bits per heavy atom. The number of amides is 1. The lowest BCUT2D eigenvalue weighted by Crippen LogP contribution is -2.44. The van der Waals surface area contributed by atoms with Crippen LogP contribution in [0.2, 0.25) is 0 Å². The number of rotatable bonds is 5. The van der Waals surface area contributed by atoms with Crippen LogP contribution in [-0.4, -0.2) is 40.5 Å². The zero-order valence-corrected chi connectivity index (χ0v) is 15.2. The van der Waals surface area contributed by atoms with Crippen molar-refractivity contribution in [2.24, 2.45) is 11.8 Å². The van der Waals surface area contributed by atoms with Gasteiger partial charge in [-0.05, 0) is 42.4 Å². The van der Waals surface area contributed by atoms with E-state index >= 15 is 0 Å². The number of aryl methyl sites for hydroxylation is 1. The van der Waals surface area contributed by atoms with Crippen LogP contribution in [0.25, 0.3) is 0 Å². The van der Waals surface area contributed by atoms with Gasteiger partial charge in [-0.1, -0.05) is 6.92 Å². The number of hydrogen-bond acceptors (Lipinski definition) is 5. The third-order valence-corrected chi connectivity index (χ3v) is 5.13. The van der Waals surface area contributed by atoms with Crippen molar-refractivity contribution in [3.05, 3.63) is 52.3 Å². The third-order valence-electron chi connectivity index (χ3n) is 5.13. The maximum absolute atomic E-state index is 12.2. The van der Waals surface area contributed by atoms with Crippen LogP contribution in [0.1, 0.15) is 24.5 Å². The Morgan fingerprint density at radius 2 is 2.31 bits per heavy atom. The van der Waals surface area contributed by atoms with Gasteiger partial charge in [-0.25, -0.2) is 4.98 Å². The van der Waals surface area contributed by atoms with E-state index in [-0.39, 0.29) is 11.5 Å². The molecule has 2 N–H and O–H groups in total. The van der Waals surface area contributed by atoms with Crippen LogP contribution in [-0.2, 0) is 11.2 Å². The molecule has 3 heterocycles. The van der Waals surface area contributed by atoms with Gasteiger partial charge in [0.2, 0.25) is 5.91 Å². The fourth-order valence-corrected chi connectivity index (χ4v) is 3.40. The molecule has 7 nitrogen and oxygen atoms in total. The van der Waals surface area contributed by atoms with Crippen LogP contribution in [0.15, 0.2) is 35.6 Å². The highest BCUT2D eigenvalue weighted by Crippen LogP contribution is 2.25. The molecule has 2 aromatic heterocycles. The van der Waals surface area contributed by atoms with Gasteiger partial charge >= 0.3 is 0 Å². The Bertz CT molecular complexity index is 819. The van der Waals surface area contributed by atoms with Crippen LogP contribution in [0.3, 0.4) is 0 Å². The van der Waals surface area contributed by atoms with Gasteiger partial charge in [-0.15, -0.1) is 0 Å². The quantitative estimate of drug-likeness (QED) is 0.843. The van der Waals surface area contributed by atoms with Crippen molar-refractivity contribution < 1.29 is 4.79 Å². The SMILES string of the molecule is Cc1ccncc1CC(=O)NCC1CCN(c2cc(=O)[nH]cn2)CC1C. The number of nitrogens with zero attached hydrogens (tertiary/aromatic N) is 3. The number of nitrogens with one attached hydrogen (secondary N) is 2. The summed E-state index contributed by atoms with van der Waals surface area (Å²) in [5.74, 6) is 1.58. The van der Waals surface area contributed by atoms with Crippen LogP contribution in [0, 0.1) is 18.8 Å². The highest BCUT2D eigenvalue weighted by Gasteiger charge is 2.27. The van der Waals surface area contributed by atoms with Crippen LogP contribution < -0.4 is 15.8 Å². The first-order valence-electron chi connectivity index (χ1n) is 8.99.